The molecule has 11 aromatic rings. The summed E-state index contributed by atoms with van der Waals surface area (Å²) in [6.07, 6.45) is 3.26. The predicted octanol–water partition coefficient (Wildman–Crippen LogP) is 10.5. The molecule has 13 rings (SSSR count). The van der Waals surface area contributed by atoms with E-state index in [1.165, 1.54) is 54.7 Å². The first-order valence-corrected chi connectivity index (χ1v) is 20.0. The third-order valence-corrected chi connectivity index (χ3v) is 12.4. The van der Waals surface area contributed by atoms with Crippen LogP contribution in [0, 0.1) is 0 Å². The van der Waals surface area contributed by atoms with Crippen LogP contribution in [0.2, 0.25) is 0 Å². The van der Waals surface area contributed by atoms with Gasteiger partial charge in [-0.25, -0.2) is 0 Å². The maximum Gasteiger partial charge on any atom is 0.238 e. The van der Waals surface area contributed by atoms with Crippen molar-refractivity contribution in [1.29, 1.82) is 0 Å². The van der Waals surface area contributed by atoms with Gasteiger partial charge in [0, 0.05) is 55.2 Å². The third-order valence-electron chi connectivity index (χ3n) is 12.4. The van der Waals surface area contributed by atoms with Crippen LogP contribution in [-0.2, 0) is 0 Å². The fraction of sp³-hybridized carbons (Fsp3) is 0.0385. The lowest BCUT2D eigenvalue weighted by Crippen LogP contribution is -2.40. The SMILES string of the molecule is C1=c2c(c3ccccc3n2-c2nc(-n3c4ccccc4c4ccccc43)cc(-n3c4ccccc4c4ccccc43)n2)=C2c3ccccc3N(c3ccccc3)C2C1. The van der Waals surface area contributed by atoms with E-state index in [4.69, 9.17) is 9.97 Å². The molecule has 0 amide bonds. The second kappa shape index (κ2) is 11.9. The Balaban J connectivity index is 1.16. The second-order valence-corrected chi connectivity index (χ2v) is 15.3. The first kappa shape index (κ1) is 31.5. The first-order chi connectivity index (χ1) is 28.8. The second-order valence-electron chi connectivity index (χ2n) is 15.3. The number of hydrogen-bond donors (Lipinski definition) is 0. The minimum atomic E-state index is 0.157. The Morgan fingerprint density at radius 3 is 1.43 bits per heavy atom. The lowest BCUT2D eigenvalue weighted by molar-refractivity contribution is 0.829. The van der Waals surface area contributed by atoms with E-state index >= 15 is 0 Å². The van der Waals surface area contributed by atoms with Crippen molar-refractivity contribution >= 4 is 77.5 Å². The van der Waals surface area contributed by atoms with E-state index in [1.54, 1.807) is 0 Å². The summed E-state index contributed by atoms with van der Waals surface area (Å²) >= 11 is 0. The van der Waals surface area contributed by atoms with Gasteiger partial charge in [-0.05, 0) is 60.5 Å². The summed E-state index contributed by atoms with van der Waals surface area (Å²) in [5, 5.41) is 8.35. The molecule has 1 unspecified atom stereocenters. The van der Waals surface area contributed by atoms with E-state index in [-0.39, 0.29) is 6.04 Å². The molecule has 272 valence electrons. The number of rotatable bonds is 4. The van der Waals surface area contributed by atoms with Gasteiger partial charge < -0.3 is 4.90 Å². The average molecular weight is 743 g/mol. The van der Waals surface area contributed by atoms with Gasteiger partial charge in [0.2, 0.25) is 5.95 Å². The van der Waals surface area contributed by atoms with Crippen molar-refractivity contribution in [2.45, 2.75) is 12.5 Å². The van der Waals surface area contributed by atoms with Gasteiger partial charge in [-0.1, -0.05) is 133 Å². The van der Waals surface area contributed by atoms with E-state index in [0.29, 0.717) is 5.95 Å². The predicted molar refractivity (Wildman–Crippen MR) is 237 cm³/mol. The molecule has 0 spiro atoms. The Kier molecular flexibility index (Phi) is 6.46. The summed E-state index contributed by atoms with van der Waals surface area (Å²) in [5.41, 5.74) is 10.6. The minimum Gasteiger partial charge on any atom is -0.333 e. The first-order valence-electron chi connectivity index (χ1n) is 20.0. The van der Waals surface area contributed by atoms with Crippen LogP contribution in [0.1, 0.15) is 12.0 Å². The zero-order valence-electron chi connectivity index (χ0n) is 31.4. The van der Waals surface area contributed by atoms with Crippen molar-refractivity contribution in [3.8, 4) is 17.6 Å². The quantitative estimate of drug-likeness (QED) is 0.180. The van der Waals surface area contributed by atoms with Crippen LogP contribution in [0.15, 0.2) is 182 Å². The molecule has 7 aromatic carbocycles. The van der Waals surface area contributed by atoms with Crippen LogP contribution in [0.3, 0.4) is 0 Å². The van der Waals surface area contributed by atoms with Crippen molar-refractivity contribution in [2.75, 3.05) is 4.90 Å². The fourth-order valence-electron chi connectivity index (χ4n) is 10.1. The standard InChI is InChI=1S/C52H34N6/c1-2-16-33(17-3-1)55-44-28-14-8-22-38(44)50-46(55)30-31-47-51(50)39-23-9-15-29-45(39)58(47)52-53-48(56-40-24-10-4-18-34(40)35-19-5-11-25-41(35)56)32-49(54-52)57-42-26-12-6-20-36(42)37-21-7-13-27-43(37)57/h1-29,31-32,46H,30H2. The molecule has 0 saturated heterocycles. The number of hydrogen-bond acceptors (Lipinski definition) is 3. The van der Waals surface area contributed by atoms with Crippen LogP contribution < -0.4 is 15.5 Å². The molecule has 1 atom stereocenters. The molecular weight excluding hydrogens is 709 g/mol. The topological polar surface area (TPSA) is 43.8 Å². The van der Waals surface area contributed by atoms with Crippen molar-refractivity contribution in [1.82, 2.24) is 23.7 Å². The van der Waals surface area contributed by atoms with Gasteiger partial charge in [0.25, 0.3) is 0 Å². The average Bonchev–Trinajstić information content (AvgIpc) is 4.01. The summed E-state index contributed by atoms with van der Waals surface area (Å²) in [7, 11) is 0. The van der Waals surface area contributed by atoms with E-state index < -0.39 is 0 Å². The number of para-hydroxylation sites is 7. The molecule has 4 aromatic heterocycles. The number of nitrogens with zero attached hydrogens (tertiary/aromatic N) is 6. The van der Waals surface area contributed by atoms with Crippen LogP contribution >= 0.6 is 0 Å². The molecule has 0 radical (unpaired) electrons. The summed E-state index contributed by atoms with van der Waals surface area (Å²) < 4.78 is 6.94. The normalized spacial score (nSPS) is 14.7. The van der Waals surface area contributed by atoms with Crippen LogP contribution in [0.25, 0.3) is 83.7 Å². The molecule has 5 heterocycles. The molecule has 58 heavy (non-hydrogen) atoms. The molecule has 0 bridgehead atoms. The number of fused-ring (bicyclic) bond motifs is 12. The summed E-state index contributed by atoms with van der Waals surface area (Å²) in [4.78, 5) is 13.7. The zero-order valence-corrected chi connectivity index (χ0v) is 31.4. The molecule has 6 heteroatoms. The minimum absolute atomic E-state index is 0.157. The smallest absolute Gasteiger partial charge is 0.238 e. The van der Waals surface area contributed by atoms with Gasteiger partial charge in [0.15, 0.2) is 0 Å². The Morgan fingerprint density at radius 1 is 0.431 bits per heavy atom. The molecule has 2 aliphatic rings. The Morgan fingerprint density at radius 2 is 0.879 bits per heavy atom. The largest absolute Gasteiger partial charge is 0.333 e. The van der Waals surface area contributed by atoms with Gasteiger partial charge in [0.05, 0.1) is 39.0 Å². The van der Waals surface area contributed by atoms with Gasteiger partial charge in [-0.15, -0.1) is 0 Å². The van der Waals surface area contributed by atoms with Crippen molar-refractivity contribution in [3.63, 3.8) is 0 Å². The molecule has 1 aliphatic heterocycles. The van der Waals surface area contributed by atoms with Crippen molar-refractivity contribution in [2.24, 2.45) is 0 Å². The lowest BCUT2D eigenvalue weighted by Gasteiger charge is -2.28. The molecule has 1 aliphatic carbocycles. The highest BCUT2D eigenvalue weighted by Gasteiger charge is 2.37. The van der Waals surface area contributed by atoms with Crippen molar-refractivity contribution in [3.05, 3.63) is 198 Å². The molecule has 0 saturated carbocycles. The number of anilines is 2. The molecule has 0 N–H and O–H groups in total. The Labute approximate surface area is 333 Å². The maximum atomic E-state index is 5.60. The van der Waals surface area contributed by atoms with Crippen molar-refractivity contribution < 1.29 is 0 Å². The maximum absolute atomic E-state index is 5.60. The highest BCUT2D eigenvalue weighted by Crippen LogP contribution is 2.46. The van der Waals surface area contributed by atoms with E-state index in [9.17, 15) is 0 Å². The molecule has 0 fully saturated rings. The lowest BCUT2D eigenvalue weighted by atomic mass is 9.93. The van der Waals surface area contributed by atoms with Crippen LogP contribution in [-0.4, -0.2) is 29.7 Å². The zero-order chi connectivity index (χ0) is 37.9. The van der Waals surface area contributed by atoms with Crippen LogP contribution in [0.5, 0.6) is 0 Å². The van der Waals surface area contributed by atoms with E-state index in [0.717, 1.165) is 51.0 Å². The Bertz CT molecular complexity index is 3390. The van der Waals surface area contributed by atoms with Crippen LogP contribution in [0.4, 0.5) is 11.4 Å². The molecule has 6 nitrogen and oxygen atoms in total. The Hall–Kier alpha value is -7.70. The third kappa shape index (κ3) is 4.26. The number of aromatic nitrogens is 5. The monoisotopic (exact) mass is 742 g/mol. The van der Waals surface area contributed by atoms with E-state index in [1.807, 2.05) is 0 Å². The summed E-state index contributed by atoms with van der Waals surface area (Å²) in [6.45, 7) is 0. The highest BCUT2D eigenvalue weighted by molar-refractivity contribution is 6.10. The van der Waals surface area contributed by atoms with E-state index in [2.05, 4.69) is 207 Å². The fourth-order valence-corrected chi connectivity index (χ4v) is 10.1. The van der Waals surface area contributed by atoms with Gasteiger partial charge >= 0.3 is 0 Å². The molecular formula is C52H34N6. The van der Waals surface area contributed by atoms with Gasteiger partial charge in [-0.3, -0.25) is 13.7 Å². The highest BCUT2D eigenvalue weighted by atomic mass is 15.2. The number of benzene rings is 7. The summed E-state index contributed by atoms with van der Waals surface area (Å²) in [6, 6.07) is 65.4. The van der Waals surface area contributed by atoms with Gasteiger partial charge in [0.1, 0.15) is 11.6 Å². The summed E-state index contributed by atoms with van der Waals surface area (Å²) in [5.74, 6) is 2.26. The van der Waals surface area contributed by atoms with Gasteiger partial charge in [-0.2, -0.15) is 9.97 Å².